The van der Waals surface area contributed by atoms with Crippen LogP contribution in [0, 0.1) is 0 Å². The summed E-state index contributed by atoms with van der Waals surface area (Å²) in [6.07, 6.45) is 0.171. The Morgan fingerprint density at radius 3 is 2.68 bits per heavy atom. The molecule has 2 heterocycles. The standard InChI is InChI=1S/C20H18N4O4/c25-17-9-16(22-20(28)23-17)19(27)21-14-8-18(26)24(11-14)10-13-6-3-5-12-4-1-2-7-15(12)13/h1-7,9,14H,8,10-11H2,(H,21,27)(H2,22,23,25,28)/t14-/m0/s1. The van der Waals surface area contributed by atoms with Crippen molar-refractivity contribution < 1.29 is 9.59 Å². The van der Waals surface area contributed by atoms with Crippen LogP contribution in [0.15, 0.2) is 58.1 Å². The number of H-pyrrole nitrogens is 2. The van der Waals surface area contributed by atoms with Gasteiger partial charge in [0, 0.05) is 25.6 Å². The zero-order valence-electron chi connectivity index (χ0n) is 14.9. The van der Waals surface area contributed by atoms with Crippen molar-refractivity contribution >= 4 is 22.6 Å². The Bertz CT molecular complexity index is 1150. The number of nitrogens with one attached hydrogen (secondary N) is 3. The summed E-state index contributed by atoms with van der Waals surface area (Å²) in [6, 6.07) is 14.6. The van der Waals surface area contributed by atoms with Crippen molar-refractivity contribution in [2.75, 3.05) is 6.54 Å². The topological polar surface area (TPSA) is 115 Å². The van der Waals surface area contributed by atoms with E-state index >= 15 is 0 Å². The SMILES string of the molecule is O=C(N[C@H]1CC(=O)N(Cc2cccc3ccccc23)C1)c1cc(=O)[nH]c(=O)[nH]1. The molecule has 4 rings (SSSR count). The van der Waals surface area contributed by atoms with Gasteiger partial charge in [0.1, 0.15) is 5.69 Å². The molecule has 0 unspecified atom stereocenters. The van der Waals surface area contributed by atoms with Gasteiger partial charge in [0.25, 0.3) is 11.5 Å². The molecule has 1 aliphatic rings. The number of aromatic nitrogens is 2. The second-order valence-electron chi connectivity index (χ2n) is 6.79. The number of fused-ring (bicyclic) bond motifs is 1. The van der Waals surface area contributed by atoms with Crippen LogP contribution >= 0.6 is 0 Å². The molecule has 0 saturated carbocycles. The zero-order valence-corrected chi connectivity index (χ0v) is 14.9. The number of hydrogen-bond donors (Lipinski definition) is 3. The fourth-order valence-corrected chi connectivity index (χ4v) is 3.51. The fourth-order valence-electron chi connectivity index (χ4n) is 3.51. The summed E-state index contributed by atoms with van der Waals surface area (Å²) in [6.45, 7) is 0.815. The first kappa shape index (κ1) is 17.7. The minimum absolute atomic E-state index is 0.0577. The molecule has 28 heavy (non-hydrogen) atoms. The molecule has 3 N–H and O–H groups in total. The molecule has 1 fully saturated rings. The number of carbonyl (C=O) groups excluding carboxylic acids is 2. The van der Waals surface area contributed by atoms with Gasteiger partial charge in [-0.2, -0.15) is 0 Å². The van der Waals surface area contributed by atoms with Crippen LogP contribution in [0.5, 0.6) is 0 Å². The largest absolute Gasteiger partial charge is 0.346 e. The van der Waals surface area contributed by atoms with Gasteiger partial charge in [-0.05, 0) is 16.3 Å². The van der Waals surface area contributed by atoms with Crippen molar-refractivity contribution in [2.24, 2.45) is 0 Å². The highest BCUT2D eigenvalue weighted by Crippen LogP contribution is 2.22. The summed E-state index contributed by atoms with van der Waals surface area (Å²) >= 11 is 0. The number of rotatable bonds is 4. The van der Waals surface area contributed by atoms with Gasteiger partial charge in [0.05, 0.1) is 6.04 Å². The van der Waals surface area contributed by atoms with E-state index in [9.17, 15) is 19.2 Å². The molecule has 8 nitrogen and oxygen atoms in total. The quantitative estimate of drug-likeness (QED) is 0.621. The molecule has 2 aromatic carbocycles. The highest BCUT2D eigenvalue weighted by Gasteiger charge is 2.31. The molecule has 1 aromatic heterocycles. The Morgan fingerprint density at radius 1 is 1.07 bits per heavy atom. The first-order valence-electron chi connectivity index (χ1n) is 8.88. The van der Waals surface area contributed by atoms with Crippen LogP contribution in [0.1, 0.15) is 22.5 Å². The number of carbonyl (C=O) groups is 2. The first-order valence-corrected chi connectivity index (χ1v) is 8.88. The normalized spacial score (nSPS) is 16.5. The predicted molar refractivity (Wildman–Crippen MR) is 103 cm³/mol. The van der Waals surface area contributed by atoms with E-state index < -0.39 is 23.2 Å². The van der Waals surface area contributed by atoms with Gasteiger partial charge in [0.15, 0.2) is 0 Å². The van der Waals surface area contributed by atoms with Crippen molar-refractivity contribution in [1.29, 1.82) is 0 Å². The second-order valence-corrected chi connectivity index (χ2v) is 6.79. The van der Waals surface area contributed by atoms with Crippen LogP contribution in [0.3, 0.4) is 0 Å². The summed E-state index contributed by atoms with van der Waals surface area (Å²) < 4.78 is 0. The minimum Gasteiger partial charge on any atom is -0.346 e. The Hall–Kier alpha value is -3.68. The molecule has 1 atom stereocenters. The molecule has 0 spiro atoms. The van der Waals surface area contributed by atoms with Crippen LogP contribution in [-0.4, -0.2) is 39.3 Å². The number of amides is 2. The number of aromatic amines is 2. The van der Waals surface area contributed by atoms with Crippen LogP contribution in [-0.2, 0) is 11.3 Å². The highest BCUT2D eigenvalue weighted by atomic mass is 16.2. The van der Waals surface area contributed by atoms with Crippen LogP contribution in [0.2, 0.25) is 0 Å². The smallest absolute Gasteiger partial charge is 0.326 e. The Labute approximate surface area is 159 Å². The summed E-state index contributed by atoms with van der Waals surface area (Å²) in [5, 5.41) is 4.90. The lowest BCUT2D eigenvalue weighted by atomic mass is 10.0. The fraction of sp³-hybridized carbons (Fsp3) is 0.200. The average Bonchev–Trinajstić information content (AvgIpc) is 3.00. The third-order valence-corrected chi connectivity index (χ3v) is 4.80. The highest BCUT2D eigenvalue weighted by molar-refractivity contribution is 5.93. The van der Waals surface area contributed by atoms with Crippen molar-refractivity contribution in [3.8, 4) is 0 Å². The third-order valence-electron chi connectivity index (χ3n) is 4.80. The first-order chi connectivity index (χ1) is 13.5. The monoisotopic (exact) mass is 378 g/mol. The molecule has 0 aliphatic carbocycles. The van der Waals surface area contributed by atoms with E-state index in [4.69, 9.17) is 0 Å². The molecule has 8 heteroatoms. The summed E-state index contributed by atoms with van der Waals surface area (Å²) in [7, 11) is 0. The van der Waals surface area contributed by atoms with Crippen molar-refractivity contribution in [2.45, 2.75) is 19.0 Å². The Balaban J connectivity index is 1.47. The van der Waals surface area contributed by atoms with Crippen LogP contribution in [0.25, 0.3) is 10.8 Å². The van der Waals surface area contributed by atoms with Crippen molar-refractivity contribution in [3.05, 3.63) is 80.6 Å². The molecule has 1 aliphatic heterocycles. The molecule has 0 bridgehead atoms. The molecule has 3 aromatic rings. The second kappa shape index (κ2) is 7.15. The van der Waals surface area contributed by atoms with Gasteiger partial charge >= 0.3 is 5.69 Å². The van der Waals surface area contributed by atoms with Gasteiger partial charge in [0.2, 0.25) is 5.91 Å². The van der Waals surface area contributed by atoms with Gasteiger partial charge < -0.3 is 15.2 Å². The van der Waals surface area contributed by atoms with E-state index in [0.717, 1.165) is 22.4 Å². The molecule has 2 amide bonds. The van der Waals surface area contributed by atoms with E-state index in [0.29, 0.717) is 13.1 Å². The number of likely N-dealkylation sites (tertiary alicyclic amines) is 1. The molecular formula is C20H18N4O4. The maximum Gasteiger partial charge on any atom is 0.326 e. The lowest BCUT2D eigenvalue weighted by Crippen LogP contribution is -2.39. The summed E-state index contributed by atoms with van der Waals surface area (Å²) in [5.74, 6) is -0.648. The lowest BCUT2D eigenvalue weighted by Gasteiger charge is -2.18. The van der Waals surface area contributed by atoms with E-state index in [-0.39, 0.29) is 18.0 Å². The van der Waals surface area contributed by atoms with E-state index in [1.807, 2.05) is 47.4 Å². The summed E-state index contributed by atoms with van der Waals surface area (Å²) in [4.78, 5) is 53.4. The number of hydrogen-bond acceptors (Lipinski definition) is 4. The van der Waals surface area contributed by atoms with Crippen LogP contribution < -0.4 is 16.6 Å². The third kappa shape index (κ3) is 3.57. The zero-order chi connectivity index (χ0) is 19.7. The maximum atomic E-state index is 12.4. The number of benzene rings is 2. The van der Waals surface area contributed by atoms with Gasteiger partial charge in [-0.3, -0.25) is 19.4 Å². The van der Waals surface area contributed by atoms with Crippen molar-refractivity contribution in [1.82, 2.24) is 20.2 Å². The molecule has 1 saturated heterocycles. The van der Waals surface area contributed by atoms with Crippen LogP contribution in [0.4, 0.5) is 0 Å². The van der Waals surface area contributed by atoms with E-state index in [1.165, 1.54) is 0 Å². The van der Waals surface area contributed by atoms with Crippen molar-refractivity contribution in [3.63, 3.8) is 0 Å². The predicted octanol–water partition coefficient (Wildman–Crippen LogP) is 0.747. The van der Waals surface area contributed by atoms with E-state index in [1.54, 1.807) is 4.90 Å². The Kier molecular flexibility index (Phi) is 4.52. The summed E-state index contributed by atoms with van der Waals surface area (Å²) in [5.41, 5.74) is -0.502. The lowest BCUT2D eigenvalue weighted by molar-refractivity contribution is -0.128. The van der Waals surface area contributed by atoms with Gasteiger partial charge in [-0.25, -0.2) is 4.79 Å². The maximum absolute atomic E-state index is 12.4. The van der Waals surface area contributed by atoms with Gasteiger partial charge in [-0.1, -0.05) is 42.5 Å². The van der Waals surface area contributed by atoms with Gasteiger partial charge in [-0.15, -0.1) is 0 Å². The number of nitrogens with zero attached hydrogens (tertiary/aromatic N) is 1. The molecular weight excluding hydrogens is 360 g/mol. The molecule has 142 valence electrons. The average molecular weight is 378 g/mol. The Morgan fingerprint density at radius 2 is 1.86 bits per heavy atom. The minimum atomic E-state index is -0.752. The molecule has 0 radical (unpaired) electrons. The van der Waals surface area contributed by atoms with E-state index in [2.05, 4.69) is 10.3 Å².